The molecule has 6 N–H and O–H groups in total. The van der Waals surface area contributed by atoms with Gasteiger partial charge in [0, 0.05) is 12.7 Å². The predicted octanol–water partition coefficient (Wildman–Crippen LogP) is -1.54. The molecule has 0 atom stereocenters. The van der Waals surface area contributed by atoms with Gasteiger partial charge in [0.2, 0.25) is 0 Å². The molecule has 0 aromatic carbocycles. The van der Waals surface area contributed by atoms with E-state index in [9.17, 15) is 4.79 Å². The van der Waals surface area contributed by atoms with E-state index < -0.39 is 5.69 Å². The van der Waals surface area contributed by atoms with Crippen LogP contribution in [0.25, 0.3) is 0 Å². The van der Waals surface area contributed by atoms with Crippen LogP contribution in [0.1, 0.15) is 0 Å². The summed E-state index contributed by atoms with van der Waals surface area (Å²) < 4.78 is 0. The first-order chi connectivity index (χ1) is 6.68. The number of anilines is 1. The molecule has 0 fully saturated rings. The van der Waals surface area contributed by atoms with Crippen molar-refractivity contribution in [3.8, 4) is 0 Å². The van der Waals surface area contributed by atoms with Gasteiger partial charge in [0.05, 0.1) is 6.54 Å². The summed E-state index contributed by atoms with van der Waals surface area (Å²) in [5.41, 5.74) is 9.86. The Hall–Kier alpha value is -2.05. The Bertz CT molecular complexity index is 366. The molecule has 1 heterocycles. The highest BCUT2D eigenvalue weighted by molar-refractivity contribution is 5.75. The van der Waals surface area contributed by atoms with Gasteiger partial charge in [-0.1, -0.05) is 0 Å². The molecule has 0 unspecified atom stereocenters. The molecule has 0 radical (unpaired) electrons. The number of rotatable bonds is 4. The number of nitrogens with two attached hydrogens (primary N) is 2. The first kappa shape index (κ1) is 10.0. The lowest BCUT2D eigenvalue weighted by atomic mass is 10.5. The SMILES string of the molecule is NC(N)=NCCNc1ccnc(=O)[nH]1. The van der Waals surface area contributed by atoms with Gasteiger partial charge >= 0.3 is 5.69 Å². The third-order valence-corrected chi connectivity index (χ3v) is 1.40. The Kier molecular flexibility index (Phi) is 3.48. The molecule has 14 heavy (non-hydrogen) atoms. The van der Waals surface area contributed by atoms with Crippen molar-refractivity contribution in [3.63, 3.8) is 0 Å². The van der Waals surface area contributed by atoms with Crippen molar-refractivity contribution in [1.82, 2.24) is 9.97 Å². The summed E-state index contributed by atoms with van der Waals surface area (Å²) >= 11 is 0. The number of H-pyrrole nitrogens is 1. The minimum Gasteiger partial charge on any atom is -0.370 e. The molecule has 0 aliphatic carbocycles. The summed E-state index contributed by atoms with van der Waals surface area (Å²) in [7, 11) is 0. The second-order valence-electron chi connectivity index (χ2n) is 2.52. The molecule has 1 aromatic heterocycles. The molecule has 0 saturated carbocycles. The van der Waals surface area contributed by atoms with Crippen LogP contribution in [0.3, 0.4) is 0 Å². The van der Waals surface area contributed by atoms with Gasteiger partial charge in [0.25, 0.3) is 0 Å². The Morgan fingerprint density at radius 3 is 3.07 bits per heavy atom. The molecule has 0 aliphatic rings. The number of guanidine groups is 1. The minimum absolute atomic E-state index is 0.0509. The van der Waals surface area contributed by atoms with Crippen molar-refractivity contribution in [2.24, 2.45) is 16.5 Å². The topological polar surface area (TPSA) is 122 Å². The summed E-state index contributed by atoms with van der Waals surface area (Å²) in [5.74, 6) is 0.644. The van der Waals surface area contributed by atoms with Crippen LogP contribution in [0.2, 0.25) is 0 Å². The maximum atomic E-state index is 10.8. The third-order valence-electron chi connectivity index (χ3n) is 1.40. The molecule has 0 aliphatic heterocycles. The Morgan fingerprint density at radius 2 is 2.43 bits per heavy atom. The van der Waals surface area contributed by atoms with Gasteiger partial charge in [-0.25, -0.2) is 9.78 Å². The lowest BCUT2D eigenvalue weighted by molar-refractivity contribution is 0.984. The van der Waals surface area contributed by atoms with Crippen LogP contribution < -0.4 is 22.5 Å². The van der Waals surface area contributed by atoms with E-state index in [4.69, 9.17) is 11.5 Å². The predicted molar refractivity (Wildman–Crippen MR) is 54.0 cm³/mol. The first-order valence-electron chi connectivity index (χ1n) is 4.03. The molecule has 7 heteroatoms. The van der Waals surface area contributed by atoms with Crippen LogP contribution in [-0.4, -0.2) is 29.0 Å². The van der Waals surface area contributed by atoms with Crippen molar-refractivity contribution in [2.75, 3.05) is 18.4 Å². The number of hydrogen-bond acceptors (Lipinski definition) is 4. The zero-order valence-corrected chi connectivity index (χ0v) is 7.53. The molecule has 0 amide bonds. The quantitative estimate of drug-likeness (QED) is 0.264. The van der Waals surface area contributed by atoms with Crippen LogP contribution in [0, 0.1) is 0 Å². The van der Waals surface area contributed by atoms with E-state index in [1.165, 1.54) is 6.20 Å². The van der Waals surface area contributed by atoms with Crippen LogP contribution in [0.15, 0.2) is 22.1 Å². The van der Waals surface area contributed by atoms with Gasteiger partial charge < -0.3 is 16.8 Å². The number of aliphatic imine (C=N–C) groups is 1. The van der Waals surface area contributed by atoms with Crippen molar-refractivity contribution in [2.45, 2.75) is 0 Å². The van der Waals surface area contributed by atoms with E-state index in [0.717, 1.165) is 0 Å². The van der Waals surface area contributed by atoms with Crippen LogP contribution in [0.4, 0.5) is 5.82 Å². The van der Waals surface area contributed by atoms with Gasteiger partial charge in [-0.3, -0.25) is 9.98 Å². The lowest BCUT2D eigenvalue weighted by Gasteiger charge is -2.02. The van der Waals surface area contributed by atoms with E-state index in [-0.39, 0.29) is 5.96 Å². The number of aromatic nitrogens is 2. The number of nitrogens with zero attached hydrogens (tertiary/aromatic N) is 2. The fraction of sp³-hybridized carbons (Fsp3) is 0.286. The van der Waals surface area contributed by atoms with E-state index in [2.05, 4.69) is 20.3 Å². The first-order valence-corrected chi connectivity index (χ1v) is 4.03. The third kappa shape index (κ3) is 3.57. The summed E-state index contributed by atoms with van der Waals surface area (Å²) in [6.45, 7) is 0.991. The van der Waals surface area contributed by atoms with Gasteiger partial charge in [-0.15, -0.1) is 0 Å². The minimum atomic E-state index is -0.392. The highest BCUT2D eigenvalue weighted by atomic mass is 16.1. The van der Waals surface area contributed by atoms with Gasteiger partial charge in [-0.05, 0) is 6.07 Å². The zero-order valence-electron chi connectivity index (χ0n) is 7.53. The maximum absolute atomic E-state index is 10.8. The number of hydrogen-bond donors (Lipinski definition) is 4. The molecule has 7 nitrogen and oxygen atoms in total. The molecule has 0 spiro atoms. The molecule has 1 aromatic rings. The van der Waals surface area contributed by atoms with E-state index in [1.807, 2.05) is 0 Å². The molecule has 0 saturated heterocycles. The van der Waals surface area contributed by atoms with E-state index in [1.54, 1.807) is 6.07 Å². The molecule has 1 rings (SSSR count). The summed E-state index contributed by atoms with van der Waals surface area (Å²) in [6, 6.07) is 1.65. The van der Waals surface area contributed by atoms with Crippen LogP contribution in [0.5, 0.6) is 0 Å². The van der Waals surface area contributed by atoms with Gasteiger partial charge in [-0.2, -0.15) is 0 Å². The molecular formula is C7H12N6O. The average molecular weight is 196 g/mol. The molecule has 0 bridgehead atoms. The smallest absolute Gasteiger partial charge is 0.346 e. The van der Waals surface area contributed by atoms with Crippen molar-refractivity contribution in [3.05, 3.63) is 22.7 Å². The lowest BCUT2D eigenvalue weighted by Crippen LogP contribution is -2.24. The van der Waals surface area contributed by atoms with Crippen LogP contribution in [-0.2, 0) is 0 Å². The van der Waals surface area contributed by atoms with Crippen molar-refractivity contribution < 1.29 is 0 Å². The van der Waals surface area contributed by atoms with Gasteiger partial charge in [0.1, 0.15) is 5.82 Å². The number of nitrogens with one attached hydrogen (secondary N) is 2. The Morgan fingerprint density at radius 1 is 1.64 bits per heavy atom. The maximum Gasteiger partial charge on any atom is 0.346 e. The van der Waals surface area contributed by atoms with Crippen LogP contribution >= 0.6 is 0 Å². The average Bonchev–Trinajstić information content (AvgIpc) is 2.12. The second-order valence-corrected chi connectivity index (χ2v) is 2.52. The van der Waals surface area contributed by atoms with Crippen molar-refractivity contribution >= 4 is 11.8 Å². The summed E-state index contributed by atoms with van der Waals surface area (Å²) in [6.07, 6.45) is 1.42. The Labute approximate surface area is 80.3 Å². The summed E-state index contributed by atoms with van der Waals surface area (Å²) in [4.78, 5) is 20.5. The van der Waals surface area contributed by atoms with Crippen molar-refractivity contribution in [1.29, 1.82) is 0 Å². The van der Waals surface area contributed by atoms with Gasteiger partial charge in [0.15, 0.2) is 5.96 Å². The van der Waals surface area contributed by atoms with E-state index >= 15 is 0 Å². The second kappa shape index (κ2) is 4.85. The number of aromatic amines is 1. The molecule has 76 valence electrons. The fourth-order valence-corrected chi connectivity index (χ4v) is 0.847. The molecular weight excluding hydrogens is 184 g/mol. The summed E-state index contributed by atoms with van der Waals surface area (Å²) in [5, 5.41) is 2.93. The largest absolute Gasteiger partial charge is 0.370 e. The monoisotopic (exact) mass is 196 g/mol. The Balaban J connectivity index is 2.39. The standard InChI is InChI=1S/C7H12N6O/c8-6(9)11-4-3-10-5-1-2-12-7(14)13-5/h1-2H,3-4H2,(H4,8,9,11)(H2,10,12,13,14). The highest BCUT2D eigenvalue weighted by Gasteiger charge is 1.91. The van der Waals surface area contributed by atoms with E-state index in [0.29, 0.717) is 18.9 Å². The zero-order chi connectivity index (χ0) is 10.4. The fourth-order valence-electron chi connectivity index (χ4n) is 0.847. The normalized spacial score (nSPS) is 9.43. The highest BCUT2D eigenvalue weighted by Crippen LogP contribution is 1.93.